The van der Waals surface area contributed by atoms with Crippen molar-refractivity contribution in [1.29, 1.82) is 0 Å². The van der Waals surface area contributed by atoms with Gasteiger partial charge in [0.1, 0.15) is 0 Å². The second-order valence-electron chi connectivity index (χ2n) is 6.17. The Balaban J connectivity index is 1.82. The first-order chi connectivity index (χ1) is 10.9. The van der Waals surface area contributed by atoms with Crippen molar-refractivity contribution in [2.45, 2.75) is 25.7 Å². The number of carbonyl (C=O) groups excluding carboxylic acids is 1. The minimum absolute atomic E-state index is 0.253. The van der Waals surface area contributed by atoms with Crippen molar-refractivity contribution in [2.24, 2.45) is 16.6 Å². The summed E-state index contributed by atoms with van der Waals surface area (Å²) in [6.45, 7) is 3.23. The van der Waals surface area contributed by atoms with Gasteiger partial charge in [-0.05, 0) is 25.2 Å². The van der Waals surface area contributed by atoms with Crippen LogP contribution < -0.4 is 11.1 Å². The molecule has 2 fully saturated rings. The van der Waals surface area contributed by atoms with Gasteiger partial charge in [-0.25, -0.2) is 12.7 Å². The average molecular weight is 345 g/mol. The standard InChI is InChI=1S/C14H27N5O3S/c1-16-14(17-5-8-19-7-3-9-23(19,21)22)18-6-2-4-12(11-18)10-13(15)20/h12H,2-11H2,1H3,(H2,15,20)(H,16,17). The molecule has 8 nitrogen and oxygen atoms in total. The summed E-state index contributed by atoms with van der Waals surface area (Å²) >= 11 is 0. The Morgan fingerprint density at radius 3 is 2.74 bits per heavy atom. The predicted octanol–water partition coefficient (Wildman–Crippen LogP) is -0.815. The smallest absolute Gasteiger partial charge is 0.217 e. The fourth-order valence-electron chi connectivity index (χ4n) is 3.28. The fourth-order valence-corrected chi connectivity index (χ4v) is 4.80. The van der Waals surface area contributed by atoms with Crippen molar-refractivity contribution in [3.8, 4) is 0 Å². The third kappa shape index (κ3) is 5.07. The molecule has 2 heterocycles. The van der Waals surface area contributed by atoms with Gasteiger partial charge in [-0.1, -0.05) is 0 Å². The number of aliphatic imine (C=N–C) groups is 1. The number of nitrogens with two attached hydrogens (primary N) is 1. The molecule has 2 rings (SSSR count). The molecule has 2 saturated heterocycles. The highest BCUT2D eigenvalue weighted by Gasteiger charge is 2.28. The summed E-state index contributed by atoms with van der Waals surface area (Å²) < 4.78 is 25.1. The number of guanidine groups is 1. The van der Waals surface area contributed by atoms with E-state index >= 15 is 0 Å². The number of carbonyl (C=O) groups is 1. The fraction of sp³-hybridized carbons (Fsp3) is 0.857. The van der Waals surface area contributed by atoms with Crippen LogP contribution >= 0.6 is 0 Å². The lowest BCUT2D eigenvalue weighted by Crippen LogP contribution is -2.48. The molecular formula is C14H27N5O3S. The maximum absolute atomic E-state index is 11.8. The molecule has 1 amide bonds. The number of hydrogen-bond donors (Lipinski definition) is 2. The Bertz CT molecular complexity index is 549. The lowest BCUT2D eigenvalue weighted by atomic mass is 9.95. The highest BCUT2D eigenvalue weighted by Crippen LogP contribution is 2.19. The summed E-state index contributed by atoms with van der Waals surface area (Å²) in [5.74, 6) is 1.01. The summed E-state index contributed by atoms with van der Waals surface area (Å²) in [6, 6.07) is 0. The van der Waals surface area contributed by atoms with Crippen LogP contribution in [0.15, 0.2) is 4.99 Å². The molecule has 0 radical (unpaired) electrons. The number of primary amides is 1. The molecule has 1 atom stereocenters. The van der Waals surface area contributed by atoms with E-state index in [9.17, 15) is 13.2 Å². The SMILES string of the molecule is CN=C(NCCN1CCCS1(=O)=O)N1CCCC(CC(N)=O)C1. The monoisotopic (exact) mass is 345 g/mol. The molecule has 23 heavy (non-hydrogen) atoms. The van der Waals surface area contributed by atoms with Gasteiger partial charge < -0.3 is 16.0 Å². The van der Waals surface area contributed by atoms with Gasteiger partial charge in [0.25, 0.3) is 0 Å². The van der Waals surface area contributed by atoms with Gasteiger partial charge >= 0.3 is 0 Å². The molecule has 0 aromatic rings. The molecule has 2 aliphatic heterocycles. The minimum atomic E-state index is -3.05. The Morgan fingerprint density at radius 1 is 1.35 bits per heavy atom. The molecule has 0 saturated carbocycles. The van der Waals surface area contributed by atoms with E-state index < -0.39 is 10.0 Å². The number of nitrogens with one attached hydrogen (secondary N) is 1. The van der Waals surface area contributed by atoms with Crippen molar-refractivity contribution in [1.82, 2.24) is 14.5 Å². The first kappa shape index (κ1) is 18.0. The topological polar surface area (TPSA) is 108 Å². The zero-order chi connectivity index (χ0) is 16.9. The maximum atomic E-state index is 11.8. The van der Waals surface area contributed by atoms with Crippen LogP contribution in [0, 0.1) is 5.92 Å². The molecule has 1 unspecified atom stereocenters. The number of rotatable bonds is 5. The van der Waals surface area contributed by atoms with E-state index in [-0.39, 0.29) is 17.6 Å². The average Bonchev–Trinajstić information content (AvgIpc) is 2.82. The Morgan fingerprint density at radius 2 is 2.13 bits per heavy atom. The van der Waals surface area contributed by atoms with Gasteiger partial charge in [0.15, 0.2) is 5.96 Å². The van der Waals surface area contributed by atoms with E-state index in [1.165, 1.54) is 4.31 Å². The summed E-state index contributed by atoms with van der Waals surface area (Å²) in [5.41, 5.74) is 5.29. The quantitative estimate of drug-likeness (QED) is 0.500. The van der Waals surface area contributed by atoms with Crippen LogP contribution in [-0.2, 0) is 14.8 Å². The third-order valence-corrected chi connectivity index (χ3v) is 6.32. The largest absolute Gasteiger partial charge is 0.370 e. The molecular weight excluding hydrogens is 318 g/mol. The summed E-state index contributed by atoms with van der Waals surface area (Å²) in [5, 5.41) is 3.23. The van der Waals surface area contributed by atoms with Crippen LogP contribution in [0.2, 0.25) is 0 Å². The predicted molar refractivity (Wildman–Crippen MR) is 89.4 cm³/mol. The van der Waals surface area contributed by atoms with Crippen LogP contribution in [0.3, 0.4) is 0 Å². The highest BCUT2D eigenvalue weighted by atomic mass is 32.2. The second kappa shape index (κ2) is 7.96. The van der Waals surface area contributed by atoms with E-state index in [1.54, 1.807) is 7.05 Å². The summed E-state index contributed by atoms with van der Waals surface area (Å²) in [4.78, 5) is 17.5. The van der Waals surface area contributed by atoms with E-state index in [2.05, 4.69) is 15.2 Å². The molecule has 2 aliphatic rings. The molecule has 0 bridgehead atoms. The Hall–Kier alpha value is -1.35. The van der Waals surface area contributed by atoms with Gasteiger partial charge in [-0.3, -0.25) is 9.79 Å². The van der Waals surface area contributed by atoms with Gasteiger partial charge in [0.05, 0.1) is 5.75 Å². The van der Waals surface area contributed by atoms with Crippen molar-refractivity contribution < 1.29 is 13.2 Å². The van der Waals surface area contributed by atoms with Crippen LogP contribution in [0.4, 0.5) is 0 Å². The van der Waals surface area contributed by atoms with Crippen molar-refractivity contribution >= 4 is 21.9 Å². The van der Waals surface area contributed by atoms with E-state index in [0.717, 1.165) is 31.9 Å². The Labute approximate surface area is 138 Å². The number of sulfonamides is 1. The highest BCUT2D eigenvalue weighted by molar-refractivity contribution is 7.89. The lowest BCUT2D eigenvalue weighted by Gasteiger charge is -2.34. The number of nitrogens with zero attached hydrogens (tertiary/aromatic N) is 3. The zero-order valence-electron chi connectivity index (χ0n) is 13.7. The van der Waals surface area contributed by atoms with E-state index in [0.29, 0.717) is 32.5 Å². The Kier molecular flexibility index (Phi) is 6.23. The van der Waals surface area contributed by atoms with Crippen molar-refractivity contribution in [2.75, 3.05) is 45.5 Å². The zero-order valence-corrected chi connectivity index (χ0v) is 14.5. The molecule has 0 aromatic heterocycles. The van der Waals surface area contributed by atoms with Crippen molar-refractivity contribution in [3.63, 3.8) is 0 Å². The van der Waals surface area contributed by atoms with Crippen molar-refractivity contribution in [3.05, 3.63) is 0 Å². The number of amides is 1. The van der Waals surface area contributed by atoms with E-state index in [1.807, 2.05) is 0 Å². The molecule has 0 aromatic carbocycles. The van der Waals surface area contributed by atoms with Crippen LogP contribution in [0.5, 0.6) is 0 Å². The summed E-state index contributed by atoms with van der Waals surface area (Å²) in [6.07, 6.45) is 3.11. The normalized spacial score (nSPS) is 25.5. The van der Waals surface area contributed by atoms with Crippen LogP contribution in [-0.4, -0.2) is 75.0 Å². The molecule has 0 aliphatic carbocycles. The maximum Gasteiger partial charge on any atom is 0.217 e. The number of hydrogen-bond acceptors (Lipinski definition) is 4. The molecule has 132 valence electrons. The van der Waals surface area contributed by atoms with E-state index in [4.69, 9.17) is 5.73 Å². The van der Waals surface area contributed by atoms with Gasteiger partial charge in [0, 0.05) is 46.2 Å². The first-order valence-electron chi connectivity index (χ1n) is 8.14. The van der Waals surface area contributed by atoms with Crippen LogP contribution in [0.25, 0.3) is 0 Å². The van der Waals surface area contributed by atoms with Gasteiger partial charge in [-0.2, -0.15) is 0 Å². The van der Waals surface area contributed by atoms with Crippen LogP contribution in [0.1, 0.15) is 25.7 Å². The van der Waals surface area contributed by atoms with Gasteiger partial charge in [0.2, 0.25) is 15.9 Å². The minimum Gasteiger partial charge on any atom is -0.370 e. The second-order valence-corrected chi connectivity index (χ2v) is 8.26. The molecule has 9 heteroatoms. The number of likely N-dealkylation sites (tertiary alicyclic amines) is 1. The first-order valence-corrected chi connectivity index (χ1v) is 9.75. The number of piperidine rings is 1. The molecule has 3 N–H and O–H groups in total. The third-order valence-electron chi connectivity index (χ3n) is 4.37. The lowest BCUT2D eigenvalue weighted by molar-refractivity contribution is -0.119. The molecule has 0 spiro atoms. The summed E-state index contributed by atoms with van der Waals surface area (Å²) in [7, 11) is -1.34. The van der Waals surface area contributed by atoms with Gasteiger partial charge in [-0.15, -0.1) is 0 Å².